The third-order valence-corrected chi connectivity index (χ3v) is 9.09. The van der Waals surface area contributed by atoms with E-state index in [1.807, 2.05) is 11.3 Å². The minimum atomic E-state index is 0.275. The van der Waals surface area contributed by atoms with Crippen LogP contribution in [0.3, 0.4) is 0 Å². The fraction of sp³-hybridized carbons (Fsp3) is 0.760. The van der Waals surface area contributed by atoms with Gasteiger partial charge in [-0.2, -0.15) is 0 Å². The highest BCUT2D eigenvalue weighted by Crippen LogP contribution is 2.48. The molecule has 1 fully saturated rings. The number of fused-ring (bicyclic) bond motifs is 3. The molecular weight excluding hydrogens is 390 g/mol. The average molecular weight is 430 g/mol. The quantitative estimate of drug-likeness (QED) is 0.475. The van der Waals surface area contributed by atoms with E-state index in [0.29, 0.717) is 11.5 Å². The van der Waals surface area contributed by atoms with Gasteiger partial charge in [0, 0.05) is 10.4 Å². The van der Waals surface area contributed by atoms with Crippen LogP contribution in [0.5, 0.6) is 5.88 Å². The van der Waals surface area contributed by atoms with Crippen LogP contribution in [0.25, 0.3) is 10.2 Å². The van der Waals surface area contributed by atoms with Crippen molar-refractivity contribution in [1.82, 2.24) is 14.9 Å². The lowest BCUT2D eigenvalue weighted by molar-refractivity contribution is 0.0402. The first-order chi connectivity index (χ1) is 14.5. The van der Waals surface area contributed by atoms with Gasteiger partial charge in [-0.3, -0.25) is 0 Å². The summed E-state index contributed by atoms with van der Waals surface area (Å²) in [5.41, 5.74) is 1.87. The first-order valence-corrected chi connectivity index (χ1v) is 12.9. The molecule has 30 heavy (non-hydrogen) atoms. The molecule has 166 valence electrons. The van der Waals surface area contributed by atoms with Crippen molar-refractivity contribution in [3.63, 3.8) is 0 Å². The van der Waals surface area contributed by atoms with Crippen molar-refractivity contribution in [1.29, 1.82) is 0 Å². The summed E-state index contributed by atoms with van der Waals surface area (Å²) in [6.45, 7) is 7.03. The van der Waals surface area contributed by atoms with Crippen LogP contribution in [-0.4, -0.2) is 40.6 Å². The molecule has 0 amide bonds. The molecule has 0 unspecified atom stereocenters. The van der Waals surface area contributed by atoms with Gasteiger partial charge in [-0.25, -0.2) is 9.97 Å². The number of hydrogen-bond donors (Lipinski definition) is 0. The fourth-order valence-corrected chi connectivity index (χ4v) is 7.21. The molecule has 2 heterocycles. The number of aromatic nitrogens is 2. The van der Waals surface area contributed by atoms with Crippen LogP contribution >= 0.6 is 11.3 Å². The second-order valence-electron chi connectivity index (χ2n) is 9.95. The molecule has 4 rings (SSSR count). The number of thiophene rings is 1. The van der Waals surface area contributed by atoms with Crippen molar-refractivity contribution >= 4 is 21.6 Å². The van der Waals surface area contributed by atoms with Crippen LogP contribution < -0.4 is 4.74 Å². The summed E-state index contributed by atoms with van der Waals surface area (Å²) in [7, 11) is 4.46. The molecule has 2 aliphatic carbocycles. The topological polar surface area (TPSA) is 38.3 Å². The molecule has 0 aromatic carbocycles. The smallest absolute Gasteiger partial charge is 0.225 e. The van der Waals surface area contributed by atoms with Crippen LogP contribution in [0.4, 0.5) is 0 Å². The summed E-state index contributed by atoms with van der Waals surface area (Å²) in [5, 5.41) is 1.24. The van der Waals surface area contributed by atoms with Crippen molar-refractivity contribution < 1.29 is 4.74 Å². The van der Waals surface area contributed by atoms with Crippen molar-refractivity contribution in [3.05, 3.63) is 16.8 Å². The summed E-state index contributed by atoms with van der Waals surface area (Å²) in [5.74, 6) is 2.28. The van der Waals surface area contributed by atoms with E-state index >= 15 is 0 Å². The number of nitrogens with zero attached hydrogens (tertiary/aromatic N) is 3. The minimum Gasteiger partial charge on any atom is -0.474 e. The lowest BCUT2D eigenvalue weighted by Crippen LogP contribution is -2.48. The van der Waals surface area contributed by atoms with Crippen LogP contribution in [0.1, 0.15) is 94.9 Å². The Kier molecular flexibility index (Phi) is 6.69. The lowest BCUT2D eigenvalue weighted by Gasteiger charge is -2.44. The predicted molar refractivity (Wildman–Crippen MR) is 127 cm³/mol. The van der Waals surface area contributed by atoms with Gasteiger partial charge in [0.05, 0.1) is 5.39 Å². The van der Waals surface area contributed by atoms with E-state index in [1.54, 1.807) is 6.33 Å². The highest BCUT2D eigenvalue weighted by molar-refractivity contribution is 7.19. The number of ether oxygens (including phenoxy) is 1. The molecule has 0 bridgehead atoms. The third-order valence-electron chi connectivity index (χ3n) is 7.91. The molecule has 1 saturated carbocycles. The molecule has 2 aromatic rings. The first-order valence-electron chi connectivity index (χ1n) is 12.1. The van der Waals surface area contributed by atoms with Gasteiger partial charge in [0.1, 0.15) is 17.3 Å². The molecule has 5 heteroatoms. The Hall–Kier alpha value is -1.20. The second-order valence-corrected chi connectivity index (χ2v) is 11.0. The lowest BCUT2D eigenvalue weighted by atomic mass is 9.77. The number of hydrogen-bond acceptors (Lipinski definition) is 5. The van der Waals surface area contributed by atoms with Gasteiger partial charge >= 0.3 is 0 Å². The highest BCUT2D eigenvalue weighted by atomic mass is 32.1. The van der Waals surface area contributed by atoms with E-state index in [9.17, 15) is 0 Å². The molecule has 0 radical (unpaired) electrons. The second kappa shape index (κ2) is 9.12. The zero-order valence-corrected chi connectivity index (χ0v) is 20.4. The van der Waals surface area contributed by atoms with Crippen molar-refractivity contribution in [2.45, 2.75) is 103 Å². The van der Waals surface area contributed by atoms with Gasteiger partial charge in [0.2, 0.25) is 5.88 Å². The molecule has 0 spiro atoms. The van der Waals surface area contributed by atoms with E-state index in [2.05, 4.69) is 49.7 Å². The van der Waals surface area contributed by atoms with Crippen LogP contribution in [0.15, 0.2) is 6.33 Å². The van der Waals surface area contributed by atoms with Gasteiger partial charge in [0.15, 0.2) is 0 Å². The summed E-state index contributed by atoms with van der Waals surface area (Å²) < 4.78 is 6.61. The van der Waals surface area contributed by atoms with Crippen molar-refractivity contribution in [3.8, 4) is 5.88 Å². The third kappa shape index (κ3) is 4.12. The van der Waals surface area contributed by atoms with Gasteiger partial charge in [-0.15, -0.1) is 11.3 Å². The van der Waals surface area contributed by atoms with Crippen LogP contribution in [-0.2, 0) is 6.42 Å². The van der Waals surface area contributed by atoms with Crippen LogP contribution in [0, 0.1) is 5.92 Å². The zero-order chi connectivity index (χ0) is 21.3. The Morgan fingerprint density at radius 3 is 2.63 bits per heavy atom. The van der Waals surface area contributed by atoms with Crippen LogP contribution in [0.2, 0.25) is 0 Å². The SMILES string of the molecule is CCC[C@H](C)C[C@H]1CCc2sc3ncnc(OC4CCC(CC)(N(C)C)CC4)c3c21. The molecule has 2 atom stereocenters. The normalized spacial score (nSPS) is 27.5. The van der Waals surface area contributed by atoms with Crippen molar-refractivity contribution in [2.75, 3.05) is 14.1 Å². The summed E-state index contributed by atoms with van der Waals surface area (Å²) >= 11 is 1.88. The molecule has 2 aromatic heterocycles. The Morgan fingerprint density at radius 2 is 1.97 bits per heavy atom. The largest absolute Gasteiger partial charge is 0.474 e. The van der Waals surface area contributed by atoms with Gasteiger partial charge in [-0.05, 0) is 82.9 Å². The number of aryl methyl sites for hydroxylation is 1. The summed E-state index contributed by atoms with van der Waals surface area (Å²) in [6, 6.07) is 0. The maximum Gasteiger partial charge on any atom is 0.225 e. The minimum absolute atomic E-state index is 0.275. The molecular formula is C25H39N3OS. The monoisotopic (exact) mass is 429 g/mol. The zero-order valence-electron chi connectivity index (χ0n) is 19.5. The molecule has 0 N–H and O–H groups in total. The molecule has 2 aliphatic rings. The highest BCUT2D eigenvalue weighted by Gasteiger charge is 2.37. The van der Waals surface area contributed by atoms with E-state index in [1.165, 1.54) is 67.2 Å². The Morgan fingerprint density at radius 1 is 1.20 bits per heavy atom. The summed E-state index contributed by atoms with van der Waals surface area (Å²) in [4.78, 5) is 14.4. The average Bonchev–Trinajstić information content (AvgIpc) is 3.29. The van der Waals surface area contributed by atoms with E-state index < -0.39 is 0 Å². The number of rotatable bonds is 8. The van der Waals surface area contributed by atoms with Crippen molar-refractivity contribution in [2.24, 2.45) is 5.92 Å². The Bertz CT molecular complexity index is 853. The summed E-state index contributed by atoms with van der Waals surface area (Å²) in [6.07, 6.45) is 14.2. The predicted octanol–water partition coefficient (Wildman–Crippen LogP) is 6.58. The maximum atomic E-state index is 6.61. The van der Waals surface area contributed by atoms with E-state index in [4.69, 9.17) is 4.74 Å². The fourth-order valence-electron chi connectivity index (χ4n) is 5.98. The Balaban J connectivity index is 1.55. The molecule has 4 nitrogen and oxygen atoms in total. The van der Waals surface area contributed by atoms with E-state index in [0.717, 1.165) is 29.5 Å². The van der Waals surface area contributed by atoms with Gasteiger partial charge in [0.25, 0.3) is 0 Å². The Labute approximate surface area is 186 Å². The van der Waals surface area contributed by atoms with Gasteiger partial charge < -0.3 is 9.64 Å². The molecule has 0 aliphatic heterocycles. The first kappa shape index (κ1) is 22.0. The molecule has 0 saturated heterocycles. The maximum absolute atomic E-state index is 6.61. The van der Waals surface area contributed by atoms with Gasteiger partial charge in [-0.1, -0.05) is 33.6 Å². The van der Waals surface area contributed by atoms with E-state index in [-0.39, 0.29) is 6.10 Å². The standard InChI is InChI=1S/C25H39N3OS/c1-6-8-17(3)15-18-9-10-20-21(18)22-23(26-16-27-24(22)30-20)29-19-11-13-25(7-2,14-12-19)28(4)5/h16-19H,6-15H2,1-5H3/t17-,18+,19?,25?/m0/s1.